The molecular formula is C4H5ClN2OS. The average Bonchev–Trinajstić information content (AvgIpc) is 1.98. The van der Waals surface area contributed by atoms with Crippen LogP contribution in [0.5, 0.6) is 0 Å². The highest BCUT2D eigenvalue weighted by Gasteiger charge is 2.27. The Balaban J connectivity index is 2.77. The van der Waals surface area contributed by atoms with Crippen molar-refractivity contribution in [2.45, 2.75) is 0 Å². The van der Waals surface area contributed by atoms with E-state index < -0.39 is 0 Å². The van der Waals surface area contributed by atoms with Crippen molar-refractivity contribution in [2.75, 3.05) is 13.6 Å². The topological polar surface area (TPSA) is 23.6 Å². The maximum atomic E-state index is 10.7. The zero-order valence-electron chi connectivity index (χ0n) is 4.80. The van der Waals surface area contributed by atoms with Crippen molar-refractivity contribution in [1.29, 1.82) is 0 Å². The van der Waals surface area contributed by atoms with E-state index in [1.807, 2.05) is 0 Å². The highest BCUT2D eigenvalue weighted by Crippen LogP contribution is 2.09. The van der Waals surface area contributed by atoms with Gasteiger partial charge in [-0.15, -0.1) is 0 Å². The predicted octanol–water partition coefficient (Wildman–Crippen LogP) is 0.199. The summed E-state index contributed by atoms with van der Waals surface area (Å²) >= 11 is 10.2. The number of nitrogens with zero attached hydrogens (tertiary/aromatic N) is 2. The second kappa shape index (κ2) is 2.11. The van der Waals surface area contributed by atoms with E-state index in [1.54, 1.807) is 7.05 Å². The Morgan fingerprint density at radius 3 is 2.44 bits per heavy atom. The zero-order chi connectivity index (χ0) is 7.02. The molecule has 0 aromatic heterocycles. The number of thiocarbonyl (C=S) groups is 1. The average molecular weight is 165 g/mol. The van der Waals surface area contributed by atoms with E-state index in [4.69, 9.17) is 24.0 Å². The van der Waals surface area contributed by atoms with Crippen molar-refractivity contribution < 1.29 is 4.79 Å². The van der Waals surface area contributed by atoms with Gasteiger partial charge in [-0.2, -0.15) is 0 Å². The molecule has 0 saturated carbocycles. The molecule has 0 aliphatic carbocycles. The first-order chi connectivity index (χ1) is 4.13. The molecule has 1 saturated heterocycles. The molecule has 1 fully saturated rings. The predicted molar refractivity (Wildman–Crippen MR) is 37.9 cm³/mol. The zero-order valence-corrected chi connectivity index (χ0v) is 6.37. The standard InChI is InChI=1S/C4H5ClN2OS/c1-6-3(8)2-7(5)4(6)9/h2H2,1H3. The van der Waals surface area contributed by atoms with Gasteiger partial charge in [-0.25, -0.2) is 0 Å². The number of hydrogen-bond donors (Lipinski definition) is 0. The van der Waals surface area contributed by atoms with Gasteiger partial charge in [0, 0.05) is 18.8 Å². The highest BCUT2D eigenvalue weighted by atomic mass is 35.5. The molecule has 1 aliphatic heterocycles. The molecule has 0 unspecified atom stereocenters. The maximum Gasteiger partial charge on any atom is 0.249 e. The molecule has 0 atom stereocenters. The Hall–Kier alpha value is -0.350. The second-order valence-corrected chi connectivity index (χ2v) is 2.53. The number of halogens is 1. The van der Waals surface area contributed by atoms with Gasteiger partial charge in [0.1, 0.15) is 6.54 Å². The lowest BCUT2D eigenvalue weighted by Crippen LogP contribution is -2.25. The van der Waals surface area contributed by atoms with Gasteiger partial charge in [0.15, 0.2) is 5.11 Å². The summed E-state index contributed by atoms with van der Waals surface area (Å²) in [6.45, 7) is 0.191. The van der Waals surface area contributed by atoms with Crippen LogP contribution in [0.1, 0.15) is 0 Å². The molecular weight excluding hydrogens is 160 g/mol. The highest BCUT2D eigenvalue weighted by molar-refractivity contribution is 7.80. The van der Waals surface area contributed by atoms with Gasteiger partial charge in [-0.05, 0) is 12.2 Å². The van der Waals surface area contributed by atoms with Crippen LogP contribution in [-0.2, 0) is 4.79 Å². The molecule has 5 heteroatoms. The molecule has 1 heterocycles. The fourth-order valence-electron chi connectivity index (χ4n) is 0.562. The van der Waals surface area contributed by atoms with Crippen molar-refractivity contribution in [1.82, 2.24) is 9.32 Å². The van der Waals surface area contributed by atoms with Gasteiger partial charge in [-0.1, -0.05) is 0 Å². The molecule has 0 radical (unpaired) electrons. The third-order valence-corrected chi connectivity index (χ3v) is 2.02. The SMILES string of the molecule is CN1C(=O)CN(Cl)C1=S. The summed E-state index contributed by atoms with van der Waals surface area (Å²) in [6.07, 6.45) is 0. The molecule has 1 rings (SSSR count). The smallest absolute Gasteiger partial charge is 0.249 e. The molecule has 3 nitrogen and oxygen atoms in total. The summed E-state index contributed by atoms with van der Waals surface area (Å²) in [5.74, 6) is -0.0602. The van der Waals surface area contributed by atoms with Gasteiger partial charge >= 0.3 is 0 Å². The summed E-state index contributed by atoms with van der Waals surface area (Å²) in [7, 11) is 1.60. The minimum Gasteiger partial charge on any atom is -0.290 e. The molecule has 0 bridgehead atoms. The quantitative estimate of drug-likeness (QED) is 0.378. The van der Waals surface area contributed by atoms with Crippen LogP contribution in [0.25, 0.3) is 0 Å². The number of rotatable bonds is 0. The summed E-state index contributed by atoms with van der Waals surface area (Å²) in [6, 6.07) is 0. The normalized spacial score (nSPS) is 19.8. The van der Waals surface area contributed by atoms with Crippen molar-refractivity contribution in [2.24, 2.45) is 0 Å². The monoisotopic (exact) mass is 164 g/mol. The van der Waals surface area contributed by atoms with Crippen molar-refractivity contribution in [3.63, 3.8) is 0 Å². The first-order valence-electron chi connectivity index (χ1n) is 2.37. The van der Waals surface area contributed by atoms with Crippen LogP contribution in [-0.4, -0.2) is 33.9 Å². The molecule has 9 heavy (non-hydrogen) atoms. The fraction of sp³-hybridized carbons (Fsp3) is 0.500. The van der Waals surface area contributed by atoms with E-state index in [9.17, 15) is 4.79 Å². The lowest BCUT2D eigenvalue weighted by Gasteiger charge is -2.07. The molecule has 0 N–H and O–H groups in total. The number of likely N-dealkylation sites (N-methyl/N-ethyl adjacent to an activating group) is 1. The lowest BCUT2D eigenvalue weighted by atomic mass is 10.6. The number of carbonyl (C=O) groups excluding carboxylic acids is 1. The van der Waals surface area contributed by atoms with Crippen LogP contribution in [0.15, 0.2) is 0 Å². The largest absolute Gasteiger partial charge is 0.290 e. The van der Waals surface area contributed by atoms with Gasteiger partial charge in [-0.3, -0.25) is 14.1 Å². The Bertz CT molecular complexity index is 172. The molecule has 1 amide bonds. The van der Waals surface area contributed by atoms with E-state index >= 15 is 0 Å². The third kappa shape index (κ3) is 0.997. The van der Waals surface area contributed by atoms with E-state index in [2.05, 4.69) is 0 Å². The van der Waals surface area contributed by atoms with Gasteiger partial charge < -0.3 is 0 Å². The Morgan fingerprint density at radius 1 is 1.78 bits per heavy atom. The van der Waals surface area contributed by atoms with Crippen molar-refractivity contribution in [3.05, 3.63) is 0 Å². The van der Waals surface area contributed by atoms with E-state index in [-0.39, 0.29) is 12.5 Å². The van der Waals surface area contributed by atoms with E-state index in [1.165, 1.54) is 9.32 Å². The summed E-state index contributed by atoms with van der Waals surface area (Å²) in [4.78, 5) is 12.1. The lowest BCUT2D eigenvalue weighted by molar-refractivity contribution is -0.123. The molecule has 1 aliphatic rings. The van der Waals surface area contributed by atoms with Crippen LogP contribution >= 0.6 is 24.0 Å². The molecule has 50 valence electrons. The summed E-state index contributed by atoms with van der Waals surface area (Å²) in [5.41, 5.74) is 0. The van der Waals surface area contributed by atoms with Crippen LogP contribution in [0.2, 0.25) is 0 Å². The van der Waals surface area contributed by atoms with Crippen molar-refractivity contribution in [3.8, 4) is 0 Å². The van der Waals surface area contributed by atoms with Crippen molar-refractivity contribution >= 4 is 35.0 Å². The number of hydrogen-bond acceptors (Lipinski definition) is 2. The minimum atomic E-state index is -0.0602. The third-order valence-electron chi connectivity index (χ3n) is 1.14. The number of carbonyl (C=O) groups is 1. The van der Waals surface area contributed by atoms with Gasteiger partial charge in [0.25, 0.3) is 0 Å². The summed E-state index contributed by atoms with van der Waals surface area (Å²) < 4.78 is 1.22. The summed E-state index contributed by atoms with van der Waals surface area (Å²) in [5, 5.41) is 0.377. The van der Waals surface area contributed by atoms with Gasteiger partial charge in [0.2, 0.25) is 5.91 Å². The fourth-order valence-corrected chi connectivity index (χ4v) is 0.944. The van der Waals surface area contributed by atoms with Crippen LogP contribution in [0.3, 0.4) is 0 Å². The maximum absolute atomic E-state index is 10.7. The van der Waals surface area contributed by atoms with Crippen LogP contribution < -0.4 is 0 Å². The van der Waals surface area contributed by atoms with Gasteiger partial charge in [0.05, 0.1) is 0 Å². The van der Waals surface area contributed by atoms with E-state index in [0.717, 1.165) is 0 Å². The number of amides is 1. The molecule has 0 spiro atoms. The van der Waals surface area contributed by atoms with E-state index in [0.29, 0.717) is 5.11 Å². The molecule has 0 aromatic carbocycles. The van der Waals surface area contributed by atoms with Crippen LogP contribution in [0, 0.1) is 0 Å². The Kier molecular flexibility index (Phi) is 1.59. The Morgan fingerprint density at radius 2 is 2.33 bits per heavy atom. The first-order valence-corrected chi connectivity index (χ1v) is 3.11. The first kappa shape index (κ1) is 6.77. The second-order valence-electron chi connectivity index (χ2n) is 1.76. The molecule has 0 aromatic rings. The van der Waals surface area contributed by atoms with Crippen LogP contribution in [0.4, 0.5) is 0 Å². The Labute approximate surface area is 63.3 Å². The minimum absolute atomic E-state index is 0.0602.